The second-order valence-electron chi connectivity index (χ2n) is 1.96. The zero-order valence-electron chi connectivity index (χ0n) is 5.85. The van der Waals surface area contributed by atoms with Crippen LogP contribution < -0.4 is 16.5 Å². The smallest absolute Gasteiger partial charge is 0.185 e. The van der Waals surface area contributed by atoms with Crippen molar-refractivity contribution in [3.63, 3.8) is 0 Å². The van der Waals surface area contributed by atoms with Crippen molar-refractivity contribution in [2.75, 3.05) is 13.1 Å². The largest absolute Gasteiger partial charge is 0.370 e. The Kier molecular flexibility index (Phi) is 5.80. The molecule has 0 aliphatic rings. The molecule has 0 saturated carbocycles. The highest BCUT2D eigenvalue weighted by Crippen LogP contribution is 1.82. The molecular formula is C5H14N4O. The van der Waals surface area contributed by atoms with Gasteiger partial charge in [0.25, 0.3) is 0 Å². The summed E-state index contributed by atoms with van der Waals surface area (Å²) in [4.78, 5) is 0. The highest BCUT2D eigenvalue weighted by molar-refractivity contribution is 5.74. The van der Waals surface area contributed by atoms with Gasteiger partial charge >= 0.3 is 0 Å². The van der Waals surface area contributed by atoms with Crippen LogP contribution in [0.5, 0.6) is 0 Å². The van der Waals surface area contributed by atoms with Gasteiger partial charge in [0.1, 0.15) is 0 Å². The normalized spacial score (nSPS) is 9.30. The van der Waals surface area contributed by atoms with Crippen LogP contribution in [0.1, 0.15) is 12.8 Å². The van der Waals surface area contributed by atoms with E-state index in [1.807, 2.05) is 5.48 Å². The van der Waals surface area contributed by atoms with Crippen LogP contribution >= 0.6 is 0 Å². The first-order chi connectivity index (χ1) is 4.77. The molecule has 0 amide bonds. The van der Waals surface area contributed by atoms with Crippen LogP contribution in [-0.2, 0) is 0 Å². The van der Waals surface area contributed by atoms with Crippen molar-refractivity contribution in [3.05, 3.63) is 0 Å². The van der Waals surface area contributed by atoms with Crippen molar-refractivity contribution >= 4 is 5.96 Å². The molecule has 0 bridgehead atoms. The van der Waals surface area contributed by atoms with E-state index >= 15 is 0 Å². The van der Waals surface area contributed by atoms with Gasteiger partial charge in [-0.25, -0.2) is 5.48 Å². The van der Waals surface area contributed by atoms with Crippen LogP contribution in [-0.4, -0.2) is 24.3 Å². The molecule has 0 aromatic carbocycles. The zero-order valence-corrected chi connectivity index (χ0v) is 5.85. The average Bonchev–Trinajstić information content (AvgIpc) is 1.87. The van der Waals surface area contributed by atoms with E-state index in [1.165, 1.54) is 0 Å². The van der Waals surface area contributed by atoms with E-state index in [-0.39, 0.29) is 5.96 Å². The maximum Gasteiger partial charge on any atom is 0.185 e. The molecule has 0 aliphatic carbocycles. The molecule has 0 fully saturated rings. The molecule has 0 aliphatic heterocycles. The van der Waals surface area contributed by atoms with E-state index in [0.717, 1.165) is 12.8 Å². The summed E-state index contributed by atoms with van der Waals surface area (Å²) in [5.74, 6) is -0.00282. The van der Waals surface area contributed by atoms with Gasteiger partial charge in [-0.15, -0.1) is 0 Å². The maximum atomic E-state index is 8.14. The van der Waals surface area contributed by atoms with Crippen LogP contribution in [0.4, 0.5) is 0 Å². The molecule has 0 spiro atoms. The molecule has 5 nitrogen and oxygen atoms in total. The van der Waals surface area contributed by atoms with Crippen LogP contribution in [0.2, 0.25) is 0 Å². The third kappa shape index (κ3) is 7.19. The van der Waals surface area contributed by atoms with E-state index in [2.05, 4.69) is 5.32 Å². The third-order valence-corrected chi connectivity index (χ3v) is 1.03. The zero-order chi connectivity index (χ0) is 7.82. The molecule has 0 saturated heterocycles. The maximum absolute atomic E-state index is 8.14. The molecular weight excluding hydrogens is 132 g/mol. The Balaban J connectivity index is 2.84. The van der Waals surface area contributed by atoms with Gasteiger partial charge in [-0.05, 0) is 12.8 Å². The second-order valence-corrected chi connectivity index (χ2v) is 1.96. The van der Waals surface area contributed by atoms with E-state index in [4.69, 9.17) is 16.4 Å². The van der Waals surface area contributed by atoms with Gasteiger partial charge in [0.15, 0.2) is 5.96 Å². The molecule has 10 heavy (non-hydrogen) atoms. The molecule has 0 radical (unpaired) electrons. The van der Waals surface area contributed by atoms with Crippen LogP contribution in [0.15, 0.2) is 0 Å². The van der Waals surface area contributed by atoms with Gasteiger partial charge in [0, 0.05) is 13.1 Å². The molecule has 5 heteroatoms. The van der Waals surface area contributed by atoms with E-state index in [9.17, 15) is 0 Å². The summed E-state index contributed by atoms with van der Waals surface area (Å²) in [7, 11) is 0. The fourth-order valence-electron chi connectivity index (χ4n) is 0.552. The lowest BCUT2D eigenvalue weighted by Gasteiger charge is -2.01. The van der Waals surface area contributed by atoms with Gasteiger partial charge in [-0.2, -0.15) is 0 Å². The average molecular weight is 146 g/mol. The number of hydrogen-bond donors (Lipinski definition) is 5. The Labute approximate surface area is 60.1 Å². The first kappa shape index (κ1) is 9.19. The topological polar surface area (TPSA) is 94.2 Å². The van der Waals surface area contributed by atoms with Crippen molar-refractivity contribution in [2.24, 2.45) is 5.73 Å². The number of nitrogens with one attached hydrogen (secondary N) is 3. The Morgan fingerprint density at radius 3 is 2.50 bits per heavy atom. The molecule has 0 heterocycles. The highest BCUT2D eigenvalue weighted by Gasteiger charge is 1.87. The fraction of sp³-hybridized carbons (Fsp3) is 0.800. The Morgan fingerprint density at radius 1 is 1.40 bits per heavy atom. The SMILES string of the molecule is N=C(N)NCCCCNO. The highest BCUT2D eigenvalue weighted by atomic mass is 16.5. The number of hydroxylamine groups is 1. The van der Waals surface area contributed by atoms with Crippen LogP contribution in [0.3, 0.4) is 0 Å². The number of unbranched alkanes of at least 4 members (excludes halogenated alkanes) is 1. The summed E-state index contributed by atoms with van der Waals surface area (Å²) < 4.78 is 0. The van der Waals surface area contributed by atoms with Crippen molar-refractivity contribution in [2.45, 2.75) is 12.8 Å². The number of nitrogens with two attached hydrogens (primary N) is 1. The monoisotopic (exact) mass is 146 g/mol. The van der Waals surface area contributed by atoms with Gasteiger partial charge in [0.05, 0.1) is 0 Å². The van der Waals surface area contributed by atoms with E-state index in [0.29, 0.717) is 13.1 Å². The number of hydrogen-bond acceptors (Lipinski definition) is 3. The predicted molar refractivity (Wildman–Crippen MR) is 38.9 cm³/mol. The van der Waals surface area contributed by atoms with E-state index < -0.39 is 0 Å². The fourth-order valence-corrected chi connectivity index (χ4v) is 0.552. The molecule has 0 aromatic heterocycles. The molecule has 0 unspecified atom stereocenters. The van der Waals surface area contributed by atoms with Gasteiger partial charge in [0.2, 0.25) is 0 Å². The van der Waals surface area contributed by atoms with Gasteiger partial charge < -0.3 is 16.3 Å². The molecule has 0 atom stereocenters. The molecule has 60 valence electrons. The standard InChI is InChI=1S/C5H14N4O/c6-5(7)8-3-1-2-4-9-10/h9-10H,1-4H2,(H4,6,7,8). The lowest BCUT2D eigenvalue weighted by atomic mass is 10.3. The summed E-state index contributed by atoms with van der Waals surface area (Å²) in [6.07, 6.45) is 1.77. The lowest BCUT2D eigenvalue weighted by Crippen LogP contribution is -2.31. The Bertz CT molecular complexity index is 95.6. The van der Waals surface area contributed by atoms with Crippen molar-refractivity contribution in [3.8, 4) is 0 Å². The molecule has 0 aromatic rings. The van der Waals surface area contributed by atoms with Crippen LogP contribution in [0.25, 0.3) is 0 Å². The quantitative estimate of drug-likeness (QED) is 0.152. The van der Waals surface area contributed by atoms with Crippen molar-refractivity contribution < 1.29 is 5.21 Å². The summed E-state index contributed by atoms with van der Waals surface area (Å²) in [5.41, 5.74) is 7.06. The van der Waals surface area contributed by atoms with Crippen molar-refractivity contribution in [1.82, 2.24) is 10.8 Å². The Hall–Kier alpha value is -0.810. The lowest BCUT2D eigenvalue weighted by molar-refractivity contribution is 0.165. The molecule has 6 N–H and O–H groups in total. The second kappa shape index (κ2) is 6.31. The minimum absolute atomic E-state index is 0.00282. The minimum atomic E-state index is -0.00282. The number of rotatable bonds is 5. The third-order valence-electron chi connectivity index (χ3n) is 1.03. The minimum Gasteiger partial charge on any atom is -0.370 e. The summed E-state index contributed by atoms with van der Waals surface area (Å²) in [5, 5.41) is 17.6. The van der Waals surface area contributed by atoms with Gasteiger partial charge in [-0.1, -0.05) is 0 Å². The van der Waals surface area contributed by atoms with E-state index in [1.54, 1.807) is 0 Å². The number of guanidine groups is 1. The first-order valence-electron chi connectivity index (χ1n) is 3.22. The van der Waals surface area contributed by atoms with Gasteiger partial charge in [-0.3, -0.25) is 5.41 Å². The molecule has 0 rings (SSSR count). The predicted octanol–water partition coefficient (Wildman–Crippen LogP) is -0.772. The van der Waals surface area contributed by atoms with Crippen LogP contribution in [0, 0.1) is 5.41 Å². The first-order valence-corrected chi connectivity index (χ1v) is 3.22. The summed E-state index contributed by atoms with van der Waals surface area (Å²) in [6.45, 7) is 1.27. The van der Waals surface area contributed by atoms with Crippen molar-refractivity contribution in [1.29, 1.82) is 5.41 Å². The summed E-state index contributed by atoms with van der Waals surface area (Å²) >= 11 is 0. The summed E-state index contributed by atoms with van der Waals surface area (Å²) in [6, 6.07) is 0. The Morgan fingerprint density at radius 2 is 2.00 bits per heavy atom.